The fourth-order valence-electron chi connectivity index (χ4n) is 4.11. The number of hydrogen-bond acceptors (Lipinski definition) is 9. The van der Waals surface area contributed by atoms with Crippen LogP contribution in [0.1, 0.15) is 102 Å². The number of nitrogens with zero attached hydrogens (tertiary/aromatic N) is 1. The van der Waals surface area contributed by atoms with E-state index in [9.17, 15) is 19.2 Å². The van der Waals surface area contributed by atoms with Gasteiger partial charge in [-0.3, -0.25) is 9.59 Å². The Morgan fingerprint density at radius 1 is 0.932 bits per heavy atom. The number of alkyl carbamates (subject to hydrolysis) is 1. The molecule has 0 aliphatic carbocycles. The molecule has 0 bridgehead atoms. The predicted molar refractivity (Wildman–Crippen MR) is 173 cm³/mol. The van der Waals surface area contributed by atoms with Gasteiger partial charge in [0.25, 0.3) is 5.91 Å². The van der Waals surface area contributed by atoms with Crippen molar-refractivity contribution in [3.05, 3.63) is 40.4 Å². The van der Waals surface area contributed by atoms with Gasteiger partial charge >= 0.3 is 18.1 Å². The van der Waals surface area contributed by atoms with Crippen LogP contribution in [0.2, 0.25) is 0 Å². The van der Waals surface area contributed by atoms with Crippen LogP contribution in [0.4, 0.5) is 20.4 Å². The molecule has 13 heteroatoms. The number of primary amides is 1. The Labute approximate surface area is 264 Å². The predicted octanol–water partition coefficient (Wildman–Crippen LogP) is 5.93. The van der Waals surface area contributed by atoms with Crippen LogP contribution in [0.5, 0.6) is 0 Å². The number of anilines is 2. The number of ether oxygens (including phenoxy) is 2. The molecule has 6 N–H and O–H groups in total. The zero-order valence-electron chi connectivity index (χ0n) is 27.1. The molecule has 1 aromatic heterocycles. The van der Waals surface area contributed by atoms with E-state index in [2.05, 4.69) is 33.2 Å². The molecule has 2 rings (SSSR count). The molecule has 1 unspecified atom stereocenters. The van der Waals surface area contributed by atoms with E-state index in [1.165, 1.54) is 6.92 Å². The van der Waals surface area contributed by atoms with Crippen molar-refractivity contribution in [2.45, 2.75) is 105 Å². The molecule has 1 heterocycles. The zero-order valence-corrected chi connectivity index (χ0v) is 28.0. The number of aromatic nitrogens is 1. The van der Waals surface area contributed by atoms with Crippen LogP contribution < -0.4 is 27.0 Å². The lowest BCUT2D eigenvalue weighted by Crippen LogP contribution is -2.59. The monoisotopic (exact) mass is 632 g/mol. The van der Waals surface area contributed by atoms with Gasteiger partial charge in [0.1, 0.15) is 4.88 Å². The Bertz CT molecular complexity index is 1280. The van der Waals surface area contributed by atoms with Crippen molar-refractivity contribution < 1.29 is 28.7 Å². The fourth-order valence-corrected chi connectivity index (χ4v) is 5.09. The number of aryl methyl sites for hydroxylation is 2. The highest BCUT2D eigenvalue weighted by Gasteiger charge is 2.50. The summed E-state index contributed by atoms with van der Waals surface area (Å²) in [5, 5.41) is 11.8. The summed E-state index contributed by atoms with van der Waals surface area (Å²) >= 11 is 1.16. The van der Waals surface area contributed by atoms with Crippen LogP contribution in [-0.4, -0.2) is 47.0 Å². The summed E-state index contributed by atoms with van der Waals surface area (Å²) in [5.41, 5.74) is 5.92. The number of thiazole rings is 1. The number of carbonyl (C=O) groups is 4. The molecule has 0 aliphatic heterocycles. The molecule has 1 aromatic carbocycles. The highest BCUT2D eigenvalue weighted by molar-refractivity contribution is 7.17. The lowest BCUT2D eigenvalue weighted by atomic mass is 9.90. The number of amides is 4. The number of nitrogens with one attached hydrogen (secondary N) is 4. The van der Waals surface area contributed by atoms with Gasteiger partial charge in [0.2, 0.25) is 5.91 Å². The van der Waals surface area contributed by atoms with Gasteiger partial charge in [-0.15, -0.1) is 0 Å². The standard InChI is InChI=1S/C31H48N6O6S/c1-9-10-11-12-19-33-25(39)24-23(35-27(44-24)34-20(2)38)18-15-21-13-16-22(17-14-21)36-31(29(3,4)5,42-26(32)40)43-28(41)37-30(6,7)8/h13-14,16-17,36H,9-12,15,18-19H2,1-8H3,(H2,32,40)(H,33,39)(H,37,41)(H,34,35,38). The Kier molecular flexibility index (Phi) is 13.0. The van der Waals surface area contributed by atoms with E-state index in [0.717, 1.165) is 42.6 Å². The third kappa shape index (κ3) is 11.7. The summed E-state index contributed by atoms with van der Waals surface area (Å²) in [6, 6.07) is 7.26. The molecule has 244 valence electrons. The van der Waals surface area contributed by atoms with Crippen LogP contribution in [0, 0.1) is 5.41 Å². The van der Waals surface area contributed by atoms with E-state index in [-0.39, 0.29) is 11.8 Å². The van der Waals surface area contributed by atoms with Crippen LogP contribution in [0.25, 0.3) is 0 Å². The molecule has 0 aliphatic rings. The Hall–Kier alpha value is -3.87. The highest BCUT2D eigenvalue weighted by Crippen LogP contribution is 2.37. The molecule has 0 saturated heterocycles. The SMILES string of the molecule is CCCCCCNC(=O)c1sc(NC(C)=O)nc1CCc1ccc(NC(OC(N)=O)(OC(=O)NC(C)(C)C)C(C)(C)C)cc1. The summed E-state index contributed by atoms with van der Waals surface area (Å²) in [6.07, 6.45) is 3.32. The molecule has 0 radical (unpaired) electrons. The molecule has 0 fully saturated rings. The van der Waals surface area contributed by atoms with Crippen molar-refractivity contribution in [1.82, 2.24) is 15.6 Å². The summed E-state index contributed by atoms with van der Waals surface area (Å²) in [6.45, 7) is 14.7. The number of hydrogen-bond donors (Lipinski definition) is 5. The van der Waals surface area contributed by atoms with Gasteiger partial charge in [-0.2, -0.15) is 0 Å². The molecule has 1 atom stereocenters. The number of unbranched alkanes of at least 4 members (excludes halogenated alkanes) is 3. The van der Waals surface area contributed by atoms with E-state index in [0.29, 0.717) is 40.8 Å². The first-order chi connectivity index (χ1) is 20.4. The average Bonchev–Trinajstić information content (AvgIpc) is 3.27. The molecular weight excluding hydrogens is 584 g/mol. The van der Waals surface area contributed by atoms with E-state index < -0.39 is 29.1 Å². The number of carbonyl (C=O) groups excluding carboxylic acids is 4. The third-order valence-corrected chi connectivity index (χ3v) is 7.37. The molecule has 4 amide bonds. The van der Waals surface area contributed by atoms with Crippen molar-refractivity contribution in [3.8, 4) is 0 Å². The molecular formula is C31H48N6O6S. The van der Waals surface area contributed by atoms with Gasteiger partial charge in [-0.25, -0.2) is 14.6 Å². The Balaban J connectivity index is 2.21. The number of rotatable bonds is 14. The second-order valence-corrected chi connectivity index (χ2v) is 13.7. The van der Waals surface area contributed by atoms with Crippen molar-refractivity contribution in [1.29, 1.82) is 0 Å². The van der Waals surface area contributed by atoms with Crippen molar-refractivity contribution >= 4 is 46.2 Å². The number of nitrogens with two attached hydrogens (primary N) is 1. The quantitative estimate of drug-likeness (QED) is 0.126. The second kappa shape index (κ2) is 15.7. The van der Waals surface area contributed by atoms with E-state index in [1.54, 1.807) is 53.7 Å². The maximum Gasteiger partial charge on any atom is 0.412 e. The summed E-state index contributed by atoms with van der Waals surface area (Å²) in [7, 11) is 0. The van der Waals surface area contributed by atoms with Gasteiger partial charge < -0.3 is 36.5 Å². The largest absolute Gasteiger partial charge is 0.412 e. The van der Waals surface area contributed by atoms with Gasteiger partial charge in [-0.05, 0) is 57.7 Å². The van der Waals surface area contributed by atoms with Crippen molar-refractivity contribution in [2.75, 3.05) is 17.2 Å². The maximum atomic E-state index is 12.9. The average molecular weight is 633 g/mol. The molecule has 44 heavy (non-hydrogen) atoms. The minimum atomic E-state index is -1.92. The highest BCUT2D eigenvalue weighted by atomic mass is 32.1. The lowest BCUT2D eigenvalue weighted by Gasteiger charge is -2.42. The Morgan fingerprint density at radius 2 is 1.59 bits per heavy atom. The first-order valence-electron chi connectivity index (χ1n) is 14.9. The minimum Gasteiger partial charge on any atom is -0.387 e. The first kappa shape index (κ1) is 36.3. The fraction of sp³-hybridized carbons (Fsp3) is 0.581. The van der Waals surface area contributed by atoms with Crippen molar-refractivity contribution in [3.63, 3.8) is 0 Å². The van der Waals surface area contributed by atoms with Gasteiger partial charge in [0, 0.05) is 24.7 Å². The second-order valence-electron chi connectivity index (χ2n) is 12.7. The molecule has 12 nitrogen and oxygen atoms in total. The normalized spacial score (nSPS) is 12.9. The Morgan fingerprint density at radius 3 is 2.14 bits per heavy atom. The lowest BCUT2D eigenvalue weighted by molar-refractivity contribution is -0.202. The van der Waals surface area contributed by atoms with E-state index >= 15 is 0 Å². The summed E-state index contributed by atoms with van der Waals surface area (Å²) in [5.74, 6) is -2.38. The maximum absolute atomic E-state index is 12.9. The van der Waals surface area contributed by atoms with Gasteiger partial charge in [0.15, 0.2) is 5.13 Å². The summed E-state index contributed by atoms with van der Waals surface area (Å²) < 4.78 is 11.1. The summed E-state index contributed by atoms with van der Waals surface area (Å²) in [4.78, 5) is 54.2. The third-order valence-electron chi connectivity index (χ3n) is 6.36. The van der Waals surface area contributed by atoms with Crippen LogP contribution in [0.3, 0.4) is 0 Å². The van der Waals surface area contributed by atoms with E-state index in [4.69, 9.17) is 15.2 Å². The van der Waals surface area contributed by atoms with Crippen LogP contribution in [0.15, 0.2) is 24.3 Å². The minimum absolute atomic E-state index is 0.200. The van der Waals surface area contributed by atoms with Crippen molar-refractivity contribution in [2.24, 2.45) is 11.1 Å². The topological polar surface area (TPSA) is 174 Å². The van der Waals surface area contributed by atoms with Gasteiger partial charge in [0.05, 0.1) is 11.1 Å². The van der Waals surface area contributed by atoms with Gasteiger partial charge in [-0.1, -0.05) is 70.4 Å². The van der Waals surface area contributed by atoms with E-state index in [1.807, 2.05) is 12.1 Å². The molecule has 0 spiro atoms. The smallest absolute Gasteiger partial charge is 0.387 e. The zero-order chi connectivity index (χ0) is 33.1. The first-order valence-corrected chi connectivity index (χ1v) is 15.7. The van der Waals surface area contributed by atoms with Crippen LogP contribution in [-0.2, 0) is 27.1 Å². The molecule has 2 aromatic rings. The molecule has 0 saturated carbocycles. The van der Waals surface area contributed by atoms with Crippen LogP contribution >= 0.6 is 11.3 Å². The number of benzene rings is 1.